The summed E-state index contributed by atoms with van der Waals surface area (Å²) in [4.78, 5) is 40.1. The lowest BCUT2D eigenvalue weighted by molar-refractivity contribution is -0.138. The van der Waals surface area contributed by atoms with Gasteiger partial charge in [-0.05, 0) is 35.2 Å². The van der Waals surface area contributed by atoms with E-state index in [1.807, 2.05) is 38.1 Å². The van der Waals surface area contributed by atoms with Crippen LogP contribution in [-0.4, -0.2) is 79.1 Å². The highest BCUT2D eigenvalue weighted by Crippen LogP contribution is 2.23. The average molecular weight is 473 g/mol. The van der Waals surface area contributed by atoms with E-state index in [9.17, 15) is 22.8 Å². The second kappa shape index (κ2) is 9.11. The Morgan fingerprint density at radius 2 is 1.70 bits per heavy atom. The average Bonchev–Trinajstić information content (AvgIpc) is 3.05. The molecule has 0 unspecified atom stereocenters. The van der Waals surface area contributed by atoms with Gasteiger partial charge < -0.3 is 10.2 Å². The highest BCUT2D eigenvalue weighted by Gasteiger charge is 2.40. The van der Waals surface area contributed by atoms with Crippen molar-refractivity contribution >= 4 is 38.6 Å². The number of amides is 4. The van der Waals surface area contributed by atoms with Gasteiger partial charge in [0.25, 0.3) is 5.91 Å². The molecule has 1 atom stereocenters. The van der Waals surface area contributed by atoms with Crippen LogP contribution in [0.4, 0.5) is 4.79 Å². The Morgan fingerprint density at radius 3 is 2.36 bits per heavy atom. The standard InChI is InChI=1S/C23H28N4O5S/c1-16(2)13-20-22(29)27(23(30)24-20)15-21(28)25-9-11-26(12-10-25)33(31,32)19-8-7-17-5-3-4-6-18(17)14-19/h3-8,14,16,20H,9-13,15H2,1-2H3,(H,24,30)/t20-/m0/s1. The van der Waals surface area contributed by atoms with Gasteiger partial charge in [0.1, 0.15) is 12.6 Å². The van der Waals surface area contributed by atoms with Crippen molar-refractivity contribution in [2.45, 2.75) is 31.2 Å². The normalized spacial score (nSPS) is 20.0. The molecule has 0 aromatic heterocycles. The van der Waals surface area contributed by atoms with Gasteiger partial charge in [-0.25, -0.2) is 13.2 Å². The van der Waals surface area contributed by atoms with Gasteiger partial charge in [-0.1, -0.05) is 44.2 Å². The molecule has 2 fully saturated rings. The molecule has 2 aromatic carbocycles. The Balaban J connectivity index is 1.37. The number of carbonyl (C=O) groups excluding carboxylic acids is 3. The maximum absolute atomic E-state index is 13.1. The lowest BCUT2D eigenvalue weighted by atomic mass is 10.0. The predicted molar refractivity (Wildman–Crippen MR) is 123 cm³/mol. The van der Waals surface area contributed by atoms with Crippen molar-refractivity contribution in [2.75, 3.05) is 32.7 Å². The molecule has 2 saturated heterocycles. The SMILES string of the molecule is CC(C)C[C@@H]1NC(=O)N(CC(=O)N2CCN(S(=O)(=O)c3ccc4ccccc4c3)CC2)C1=O. The van der Waals surface area contributed by atoms with Gasteiger partial charge in [-0.3, -0.25) is 14.5 Å². The molecule has 2 heterocycles. The fourth-order valence-electron chi connectivity index (χ4n) is 4.25. The van der Waals surface area contributed by atoms with Crippen LogP contribution in [0.1, 0.15) is 20.3 Å². The molecule has 2 aromatic rings. The Kier molecular flexibility index (Phi) is 6.40. The highest BCUT2D eigenvalue weighted by molar-refractivity contribution is 7.89. The minimum absolute atomic E-state index is 0.150. The summed E-state index contributed by atoms with van der Waals surface area (Å²) in [7, 11) is -3.69. The van der Waals surface area contributed by atoms with E-state index in [0.717, 1.165) is 15.7 Å². The van der Waals surface area contributed by atoms with Gasteiger partial charge in [0, 0.05) is 26.2 Å². The quantitative estimate of drug-likeness (QED) is 0.643. The number of nitrogens with one attached hydrogen (secondary N) is 1. The van der Waals surface area contributed by atoms with Gasteiger partial charge >= 0.3 is 6.03 Å². The Hall–Kier alpha value is -2.98. The minimum atomic E-state index is -3.69. The minimum Gasteiger partial charge on any atom is -0.338 e. The number of imide groups is 1. The molecule has 1 N–H and O–H groups in total. The van der Waals surface area contributed by atoms with Crippen LogP contribution in [0.5, 0.6) is 0 Å². The first-order valence-corrected chi connectivity index (χ1v) is 12.5. The van der Waals surface area contributed by atoms with Crippen molar-refractivity contribution in [1.29, 1.82) is 0 Å². The van der Waals surface area contributed by atoms with Crippen molar-refractivity contribution < 1.29 is 22.8 Å². The van der Waals surface area contributed by atoms with Crippen molar-refractivity contribution in [2.24, 2.45) is 5.92 Å². The first kappa shape index (κ1) is 23.2. The monoisotopic (exact) mass is 472 g/mol. The molecule has 9 nitrogen and oxygen atoms in total. The van der Waals surface area contributed by atoms with Crippen LogP contribution >= 0.6 is 0 Å². The molecule has 4 rings (SSSR count). The van der Waals surface area contributed by atoms with E-state index in [-0.39, 0.29) is 55.4 Å². The molecular formula is C23H28N4O5S. The zero-order chi connectivity index (χ0) is 23.8. The largest absolute Gasteiger partial charge is 0.338 e. The zero-order valence-corrected chi connectivity index (χ0v) is 19.5. The number of urea groups is 1. The van der Waals surface area contributed by atoms with E-state index in [1.165, 1.54) is 9.21 Å². The first-order valence-electron chi connectivity index (χ1n) is 11.1. The van der Waals surface area contributed by atoms with Crippen LogP contribution in [0, 0.1) is 5.92 Å². The molecule has 0 aliphatic carbocycles. The molecule has 176 valence electrons. The number of rotatable bonds is 6. The second-order valence-electron chi connectivity index (χ2n) is 8.85. The van der Waals surface area contributed by atoms with Gasteiger partial charge in [0.15, 0.2) is 0 Å². The number of nitrogens with zero attached hydrogens (tertiary/aromatic N) is 3. The number of benzene rings is 2. The molecular weight excluding hydrogens is 444 g/mol. The summed E-state index contributed by atoms with van der Waals surface area (Å²) >= 11 is 0. The summed E-state index contributed by atoms with van der Waals surface area (Å²) in [6.07, 6.45) is 0.514. The highest BCUT2D eigenvalue weighted by atomic mass is 32.2. The van der Waals surface area contributed by atoms with E-state index in [4.69, 9.17) is 0 Å². The van der Waals surface area contributed by atoms with Crippen LogP contribution in [0.2, 0.25) is 0 Å². The number of hydrogen-bond donors (Lipinski definition) is 1. The van der Waals surface area contributed by atoms with Crippen LogP contribution < -0.4 is 5.32 Å². The summed E-state index contributed by atoms with van der Waals surface area (Å²) in [5.41, 5.74) is 0. The fraction of sp³-hybridized carbons (Fsp3) is 0.435. The third-order valence-corrected chi connectivity index (χ3v) is 7.95. The Labute approximate surface area is 193 Å². The maximum Gasteiger partial charge on any atom is 0.325 e. The number of fused-ring (bicyclic) bond motifs is 1. The third kappa shape index (κ3) is 4.72. The van der Waals surface area contributed by atoms with Crippen molar-refractivity contribution in [3.05, 3.63) is 42.5 Å². The topological polar surface area (TPSA) is 107 Å². The van der Waals surface area contributed by atoms with E-state index in [1.54, 1.807) is 18.2 Å². The van der Waals surface area contributed by atoms with Gasteiger partial charge in [-0.15, -0.1) is 0 Å². The van der Waals surface area contributed by atoms with Crippen molar-refractivity contribution in [1.82, 2.24) is 19.4 Å². The summed E-state index contributed by atoms with van der Waals surface area (Å²) in [6, 6.07) is 11.4. The summed E-state index contributed by atoms with van der Waals surface area (Å²) in [6.45, 7) is 4.28. The summed E-state index contributed by atoms with van der Waals surface area (Å²) in [5, 5.41) is 4.44. The van der Waals surface area contributed by atoms with Crippen LogP contribution in [0.15, 0.2) is 47.4 Å². The summed E-state index contributed by atoms with van der Waals surface area (Å²) < 4.78 is 27.6. The molecule has 0 radical (unpaired) electrons. The number of hydrogen-bond acceptors (Lipinski definition) is 5. The predicted octanol–water partition coefficient (Wildman–Crippen LogP) is 1.64. The molecule has 4 amide bonds. The first-order chi connectivity index (χ1) is 15.7. The fourth-order valence-corrected chi connectivity index (χ4v) is 5.71. The molecule has 0 spiro atoms. The molecule has 0 saturated carbocycles. The number of sulfonamides is 1. The smallest absolute Gasteiger partial charge is 0.325 e. The summed E-state index contributed by atoms with van der Waals surface area (Å²) in [5.74, 6) is -0.529. The van der Waals surface area contributed by atoms with Crippen LogP contribution in [-0.2, 0) is 19.6 Å². The van der Waals surface area contributed by atoms with Crippen LogP contribution in [0.25, 0.3) is 10.8 Å². The van der Waals surface area contributed by atoms with E-state index < -0.39 is 22.1 Å². The van der Waals surface area contributed by atoms with Crippen LogP contribution in [0.3, 0.4) is 0 Å². The molecule has 33 heavy (non-hydrogen) atoms. The molecule has 2 aliphatic rings. The van der Waals surface area contributed by atoms with Gasteiger partial charge in [0.2, 0.25) is 15.9 Å². The van der Waals surface area contributed by atoms with Crippen molar-refractivity contribution in [3.63, 3.8) is 0 Å². The maximum atomic E-state index is 13.1. The van der Waals surface area contributed by atoms with Crippen molar-refractivity contribution in [3.8, 4) is 0 Å². The molecule has 10 heteroatoms. The van der Waals surface area contributed by atoms with E-state index >= 15 is 0 Å². The van der Waals surface area contributed by atoms with Gasteiger partial charge in [-0.2, -0.15) is 4.31 Å². The van der Waals surface area contributed by atoms with E-state index in [2.05, 4.69) is 5.32 Å². The zero-order valence-electron chi connectivity index (χ0n) is 18.7. The molecule has 0 bridgehead atoms. The Bertz CT molecular complexity index is 1190. The second-order valence-corrected chi connectivity index (χ2v) is 10.8. The lowest BCUT2D eigenvalue weighted by Gasteiger charge is -2.34. The Morgan fingerprint density at radius 1 is 1.03 bits per heavy atom. The van der Waals surface area contributed by atoms with Gasteiger partial charge in [0.05, 0.1) is 4.90 Å². The number of piperazine rings is 1. The number of carbonyl (C=O) groups is 3. The molecule has 2 aliphatic heterocycles. The lowest BCUT2D eigenvalue weighted by Crippen LogP contribution is -2.53. The van der Waals surface area contributed by atoms with E-state index in [0.29, 0.717) is 6.42 Å². The third-order valence-electron chi connectivity index (χ3n) is 6.06.